The summed E-state index contributed by atoms with van der Waals surface area (Å²) in [6, 6.07) is 0. The lowest BCUT2D eigenvalue weighted by Crippen LogP contribution is -2.01. The normalized spacial score (nSPS) is 11.9. The minimum Gasteiger partial charge on any atom is -0.312 e. The largest absolute Gasteiger partial charge is 0.332 e. The van der Waals surface area contributed by atoms with Crippen LogP contribution < -0.4 is 0 Å². The first-order chi connectivity index (χ1) is 36.3. The maximum Gasteiger partial charge on any atom is 0.332 e. The summed E-state index contributed by atoms with van der Waals surface area (Å²) in [5.74, 6) is 2.50. The Morgan fingerprint density at radius 3 is 0.473 bits per heavy atom. The predicted molar refractivity (Wildman–Crippen MR) is 333 cm³/mol. The third-order valence-corrected chi connectivity index (χ3v) is 16.8. The summed E-state index contributed by atoms with van der Waals surface area (Å²) >= 11 is 0. The van der Waals surface area contributed by atoms with Crippen LogP contribution in [0.4, 0.5) is 0 Å². The van der Waals surface area contributed by atoms with E-state index in [1.165, 1.54) is 270 Å². The average Bonchev–Trinajstić information content (AvgIpc) is 3.38. The van der Waals surface area contributed by atoms with Crippen molar-refractivity contribution in [1.29, 1.82) is 0 Å². The molecule has 0 saturated heterocycles. The molecule has 0 atom stereocenters. The summed E-state index contributed by atoms with van der Waals surface area (Å²) in [4.78, 5) is 0. The van der Waals surface area contributed by atoms with Gasteiger partial charge in [-0.25, -0.2) is 0 Å². The van der Waals surface area contributed by atoms with Gasteiger partial charge < -0.3 is 27.1 Å². The second-order valence-corrected chi connectivity index (χ2v) is 26.3. The van der Waals surface area contributed by atoms with Gasteiger partial charge in [-0.05, 0) is 56.3 Å². The zero-order chi connectivity index (χ0) is 54.3. The Morgan fingerprint density at radius 1 is 0.189 bits per heavy atom. The van der Waals surface area contributed by atoms with Crippen molar-refractivity contribution >= 4 is 17.2 Å². The van der Waals surface area contributed by atoms with E-state index in [1.807, 2.05) is 0 Å². The first-order valence-electron chi connectivity index (χ1n) is 33.6. The molecule has 6 nitrogen and oxygen atoms in total. The highest BCUT2D eigenvalue weighted by Crippen LogP contribution is 2.41. The van der Waals surface area contributed by atoms with E-state index >= 15 is 0 Å². The van der Waals surface area contributed by atoms with Gasteiger partial charge in [-0.1, -0.05) is 332 Å². The molecule has 0 N–H and O–H groups in total. The van der Waals surface area contributed by atoms with E-state index in [9.17, 15) is 0 Å². The van der Waals surface area contributed by atoms with Crippen molar-refractivity contribution in [3.05, 3.63) is 0 Å². The van der Waals surface area contributed by atoms with Crippen LogP contribution in [0.2, 0.25) is 0 Å². The highest BCUT2D eigenvalue weighted by atomic mass is 31.2. The number of hydrogen-bond donors (Lipinski definition) is 0. The molecule has 0 saturated carbocycles. The maximum absolute atomic E-state index is 6.12. The molecule has 0 fully saturated rings. The van der Waals surface area contributed by atoms with Crippen LogP contribution in [0, 0.1) is 17.8 Å². The van der Waals surface area contributed by atoms with Crippen LogP contribution in [0.5, 0.6) is 0 Å². The lowest BCUT2D eigenvalue weighted by atomic mass is 10.0. The third-order valence-electron chi connectivity index (χ3n) is 14.5. The molecule has 0 aliphatic rings. The number of rotatable bonds is 63. The Hall–Kier alpha value is 0.620. The third kappa shape index (κ3) is 70.6. The summed E-state index contributed by atoms with van der Waals surface area (Å²) < 4.78 is 36.5. The van der Waals surface area contributed by atoms with Crippen LogP contribution in [0.25, 0.3) is 0 Å². The van der Waals surface area contributed by atoms with E-state index in [0.717, 1.165) is 95.9 Å². The summed E-state index contributed by atoms with van der Waals surface area (Å²) in [5, 5.41) is 0. The molecular formula is C66H138O6P2. The van der Waals surface area contributed by atoms with Gasteiger partial charge in [-0.3, -0.25) is 0 Å². The second-order valence-electron chi connectivity index (χ2n) is 23.8. The Balaban J connectivity index is 0. The van der Waals surface area contributed by atoms with Crippen LogP contribution in [-0.2, 0) is 27.1 Å². The van der Waals surface area contributed by atoms with Crippen LogP contribution in [0.15, 0.2) is 0 Å². The highest BCUT2D eigenvalue weighted by molar-refractivity contribution is 7.41. The van der Waals surface area contributed by atoms with E-state index in [2.05, 4.69) is 62.3 Å². The first-order valence-corrected chi connectivity index (χ1v) is 35.8. The lowest BCUT2D eigenvalue weighted by molar-refractivity contribution is 0.153. The Kier molecular flexibility index (Phi) is 70.4. The molecule has 0 heterocycles. The number of unbranched alkanes of at least 4 members (excludes halogenated alkanes) is 39. The molecular weight excluding hydrogens is 951 g/mol. The molecule has 74 heavy (non-hydrogen) atoms. The van der Waals surface area contributed by atoms with Crippen molar-refractivity contribution in [2.75, 3.05) is 39.6 Å². The van der Waals surface area contributed by atoms with Gasteiger partial charge in [0.15, 0.2) is 0 Å². The Morgan fingerprint density at radius 2 is 0.324 bits per heavy atom. The molecule has 0 aromatic heterocycles. The molecule has 0 spiro atoms. The van der Waals surface area contributed by atoms with E-state index in [1.54, 1.807) is 0 Å². The van der Waals surface area contributed by atoms with Crippen molar-refractivity contribution in [3.8, 4) is 0 Å². The molecule has 0 amide bonds. The fourth-order valence-corrected chi connectivity index (χ4v) is 11.5. The van der Waals surface area contributed by atoms with E-state index in [0.29, 0.717) is 0 Å². The standard InChI is InChI=1S/C36H75O3P.C30H63O3P/c1-4-7-10-13-16-19-22-25-28-31-34-37-40(38-35-32-29-26-23-20-17-14-11-8-5-2)39-36-33-30-27-24-21-18-15-12-9-6-3;1-28(2)22-16-10-7-13-19-25-31-34(32-26-20-14-8-11-17-23-29(3)4)33-27-21-15-9-12-18-24-30(5)6/h4-36H2,1-3H3;28-30H,7-27H2,1-6H3. The van der Waals surface area contributed by atoms with E-state index in [4.69, 9.17) is 27.1 Å². The average molecular weight is 1090 g/mol. The van der Waals surface area contributed by atoms with Crippen molar-refractivity contribution in [2.45, 2.75) is 371 Å². The highest BCUT2D eigenvalue weighted by Gasteiger charge is 2.14. The summed E-state index contributed by atoms with van der Waals surface area (Å²) in [7, 11) is -2.34. The SMILES string of the molecule is CC(C)CCCCCCCOP(OCCCCCCCC(C)C)OCCCCCCCC(C)C.CCCCCCCCCCCCOP(OCCCCCCCCCCCC)OCCCCCCCCCCCC. The van der Waals surface area contributed by atoms with Crippen molar-refractivity contribution < 1.29 is 27.1 Å². The van der Waals surface area contributed by atoms with Crippen molar-refractivity contribution in [2.24, 2.45) is 17.8 Å². The number of hydrogen-bond acceptors (Lipinski definition) is 6. The Bertz CT molecular complexity index is 853. The quantitative estimate of drug-likeness (QED) is 0.0447. The van der Waals surface area contributed by atoms with Crippen LogP contribution in [-0.4, -0.2) is 39.6 Å². The second kappa shape index (κ2) is 67.9. The van der Waals surface area contributed by atoms with Gasteiger partial charge in [0.2, 0.25) is 0 Å². The Labute approximate surface area is 470 Å². The van der Waals surface area contributed by atoms with Gasteiger partial charge in [0, 0.05) is 0 Å². The molecule has 0 rings (SSSR count). The van der Waals surface area contributed by atoms with Crippen LogP contribution in [0.3, 0.4) is 0 Å². The topological polar surface area (TPSA) is 55.4 Å². The lowest BCUT2D eigenvalue weighted by Gasteiger charge is -2.17. The van der Waals surface area contributed by atoms with Gasteiger partial charge in [0.1, 0.15) is 0 Å². The molecule has 0 aromatic rings. The van der Waals surface area contributed by atoms with Crippen LogP contribution >= 0.6 is 17.2 Å². The van der Waals surface area contributed by atoms with Crippen LogP contribution in [0.1, 0.15) is 371 Å². The monoisotopic (exact) mass is 1090 g/mol. The molecule has 8 heteroatoms. The molecule has 448 valence electrons. The van der Waals surface area contributed by atoms with Crippen molar-refractivity contribution in [1.82, 2.24) is 0 Å². The fraction of sp³-hybridized carbons (Fsp3) is 1.00. The maximum atomic E-state index is 6.12. The van der Waals surface area contributed by atoms with E-state index in [-0.39, 0.29) is 0 Å². The van der Waals surface area contributed by atoms with Gasteiger partial charge in [-0.2, -0.15) is 0 Å². The fourth-order valence-electron chi connectivity index (χ4n) is 9.38. The summed E-state index contributed by atoms with van der Waals surface area (Å²) in [5.41, 5.74) is 0. The van der Waals surface area contributed by atoms with Gasteiger partial charge in [0.05, 0.1) is 39.6 Å². The zero-order valence-corrected chi connectivity index (χ0v) is 54.0. The minimum atomic E-state index is -1.17. The van der Waals surface area contributed by atoms with Gasteiger partial charge in [0.25, 0.3) is 0 Å². The van der Waals surface area contributed by atoms with E-state index < -0.39 is 17.2 Å². The van der Waals surface area contributed by atoms with Gasteiger partial charge >= 0.3 is 17.2 Å². The molecule has 0 bridgehead atoms. The minimum absolute atomic E-state index is 0.778. The smallest absolute Gasteiger partial charge is 0.312 e. The predicted octanol–water partition coefficient (Wildman–Crippen LogP) is 25.3. The summed E-state index contributed by atoms with van der Waals surface area (Å²) in [6.07, 6.45) is 64.0. The molecule has 0 aromatic carbocycles. The molecule has 0 unspecified atom stereocenters. The molecule has 0 aliphatic carbocycles. The van der Waals surface area contributed by atoms with Gasteiger partial charge in [-0.15, -0.1) is 0 Å². The molecule has 0 radical (unpaired) electrons. The zero-order valence-electron chi connectivity index (χ0n) is 52.3. The summed E-state index contributed by atoms with van der Waals surface area (Å²) in [6.45, 7) is 25.5. The first kappa shape index (κ1) is 76.7. The molecule has 0 aliphatic heterocycles. The van der Waals surface area contributed by atoms with Crippen molar-refractivity contribution in [3.63, 3.8) is 0 Å².